The fraction of sp³-hybridized carbons (Fsp3) is 0.409. The van der Waals surface area contributed by atoms with Crippen LogP contribution < -0.4 is 14.8 Å². The number of ether oxygens (including phenoxy) is 2. The van der Waals surface area contributed by atoms with Crippen molar-refractivity contribution < 1.29 is 24.2 Å². The summed E-state index contributed by atoms with van der Waals surface area (Å²) in [5.41, 5.74) is 1.95. The second kappa shape index (κ2) is 9.89. The van der Waals surface area contributed by atoms with Crippen molar-refractivity contribution in [2.24, 2.45) is 0 Å². The molecule has 33 heavy (non-hydrogen) atoms. The molecule has 2 N–H and O–H groups in total. The van der Waals surface area contributed by atoms with Gasteiger partial charge in [0.1, 0.15) is 13.2 Å². The zero-order valence-corrected chi connectivity index (χ0v) is 20.4. The topological polar surface area (TPSA) is 101 Å². The van der Waals surface area contributed by atoms with E-state index in [1.165, 1.54) is 18.3 Å². The Labute approximate surface area is 205 Å². The Kier molecular flexibility index (Phi) is 7.13. The van der Waals surface area contributed by atoms with Gasteiger partial charge < -0.3 is 24.8 Å². The Morgan fingerprint density at radius 1 is 1.24 bits per heavy atom. The maximum atomic E-state index is 12.1. The smallest absolute Gasteiger partial charge is 0.333 e. The lowest BCUT2D eigenvalue weighted by molar-refractivity contribution is -0.135. The standard InChI is InChI=1S/C22H23Cl2N3O5S/c1-11-5-15(23)20(16(24)6-11)31-3-4-32-22-25-8-18(33-22)14-7-13-9-27(12(2)28)10-17(26-13)19(14)21(29)30/h5-6,8,13,17,26H,3-4,7,9-10H2,1-2H3,(H,29,30)/t13-,17-/m1/s1. The molecule has 2 aromatic rings. The number of amides is 1. The van der Waals surface area contributed by atoms with Crippen LogP contribution in [0.3, 0.4) is 0 Å². The van der Waals surface area contributed by atoms with Gasteiger partial charge in [-0.15, -0.1) is 0 Å². The number of benzene rings is 1. The van der Waals surface area contributed by atoms with Crippen LogP contribution >= 0.6 is 34.5 Å². The summed E-state index contributed by atoms with van der Waals surface area (Å²) in [6, 6.07) is 3.12. The van der Waals surface area contributed by atoms with Gasteiger partial charge in [0.15, 0.2) is 5.75 Å². The van der Waals surface area contributed by atoms with E-state index in [2.05, 4.69) is 10.3 Å². The largest absolute Gasteiger partial charge is 0.487 e. The van der Waals surface area contributed by atoms with Crippen molar-refractivity contribution in [2.75, 3.05) is 26.3 Å². The van der Waals surface area contributed by atoms with Gasteiger partial charge >= 0.3 is 5.97 Å². The van der Waals surface area contributed by atoms with Gasteiger partial charge in [-0.3, -0.25) is 4.79 Å². The van der Waals surface area contributed by atoms with Gasteiger partial charge in [0, 0.05) is 32.3 Å². The first-order valence-electron chi connectivity index (χ1n) is 10.4. The van der Waals surface area contributed by atoms with E-state index in [-0.39, 0.29) is 30.7 Å². The van der Waals surface area contributed by atoms with Gasteiger partial charge in [-0.1, -0.05) is 34.5 Å². The number of aryl methyl sites for hydroxylation is 1. The molecule has 2 aliphatic rings. The number of aliphatic carboxylic acids is 1. The lowest BCUT2D eigenvalue weighted by Crippen LogP contribution is -2.61. The fourth-order valence-electron chi connectivity index (χ4n) is 4.15. The first kappa shape index (κ1) is 23.8. The molecular formula is C22H23Cl2N3O5S. The number of carboxylic acid groups (broad SMARTS) is 1. The summed E-state index contributed by atoms with van der Waals surface area (Å²) in [5, 5.41) is 14.5. The lowest BCUT2D eigenvalue weighted by atomic mass is 9.86. The van der Waals surface area contributed by atoms with E-state index >= 15 is 0 Å². The van der Waals surface area contributed by atoms with Crippen molar-refractivity contribution in [1.82, 2.24) is 15.2 Å². The van der Waals surface area contributed by atoms with E-state index in [0.29, 0.717) is 40.5 Å². The number of nitrogens with zero attached hydrogens (tertiary/aromatic N) is 2. The van der Waals surface area contributed by atoms with Crippen LogP contribution in [0.5, 0.6) is 10.9 Å². The van der Waals surface area contributed by atoms with E-state index in [0.717, 1.165) is 16.0 Å². The number of rotatable bonds is 7. The van der Waals surface area contributed by atoms with Crippen molar-refractivity contribution in [1.29, 1.82) is 0 Å². The predicted octanol–water partition coefficient (Wildman–Crippen LogP) is 3.65. The third kappa shape index (κ3) is 5.27. The highest BCUT2D eigenvalue weighted by Crippen LogP contribution is 2.37. The molecule has 11 heteroatoms. The minimum atomic E-state index is -0.998. The summed E-state index contributed by atoms with van der Waals surface area (Å²) in [4.78, 5) is 30.6. The fourth-order valence-corrected chi connectivity index (χ4v) is 5.71. The predicted molar refractivity (Wildman–Crippen MR) is 126 cm³/mol. The molecule has 0 aliphatic carbocycles. The Morgan fingerprint density at radius 3 is 2.61 bits per heavy atom. The molecule has 1 fully saturated rings. The first-order valence-corrected chi connectivity index (χ1v) is 12.0. The maximum absolute atomic E-state index is 12.1. The Morgan fingerprint density at radius 2 is 1.94 bits per heavy atom. The molecule has 176 valence electrons. The quantitative estimate of drug-likeness (QED) is 0.547. The zero-order chi connectivity index (χ0) is 23.7. The molecule has 1 amide bonds. The Bertz CT molecular complexity index is 1100. The van der Waals surface area contributed by atoms with Crippen LogP contribution in [0.1, 0.15) is 23.8 Å². The molecule has 2 atom stereocenters. The highest BCUT2D eigenvalue weighted by molar-refractivity contribution is 7.14. The van der Waals surface area contributed by atoms with Crippen molar-refractivity contribution in [3.63, 3.8) is 0 Å². The number of nitrogens with one attached hydrogen (secondary N) is 1. The number of halogens is 2. The summed E-state index contributed by atoms with van der Waals surface area (Å²) < 4.78 is 11.4. The molecule has 8 nitrogen and oxygen atoms in total. The minimum Gasteiger partial charge on any atom is -0.487 e. The number of aromatic nitrogens is 1. The highest BCUT2D eigenvalue weighted by atomic mass is 35.5. The van der Waals surface area contributed by atoms with E-state index in [9.17, 15) is 14.7 Å². The summed E-state index contributed by atoms with van der Waals surface area (Å²) >= 11 is 13.7. The molecule has 0 spiro atoms. The molecule has 4 rings (SSSR count). The third-order valence-electron chi connectivity index (χ3n) is 5.56. The molecule has 1 aromatic heterocycles. The van der Waals surface area contributed by atoms with Crippen molar-refractivity contribution >= 4 is 52.0 Å². The molecule has 1 aromatic carbocycles. The monoisotopic (exact) mass is 511 g/mol. The molecule has 0 saturated carbocycles. The average Bonchev–Trinajstić information content (AvgIpc) is 3.20. The van der Waals surface area contributed by atoms with Gasteiger partial charge in [0.05, 0.1) is 26.5 Å². The number of hydrogen-bond acceptors (Lipinski definition) is 7. The zero-order valence-electron chi connectivity index (χ0n) is 18.1. The molecule has 0 unspecified atom stereocenters. The van der Waals surface area contributed by atoms with Crippen molar-refractivity contribution in [2.45, 2.75) is 32.4 Å². The van der Waals surface area contributed by atoms with Gasteiger partial charge in [0.2, 0.25) is 5.91 Å². The molecule has 3 heterocycles. The minimum absolute atomic E-state index is 0.00498. The number of piperazine rings is 1. The van der Waals surface area contributed by atoms with Crippen LogP contribution in [-0.4, -0.2) is 65.3 Å². The van der Waals surface area contributed by atoms with Gasteiger partial charge in [0.25, 0.3) is 5.19 Å². The molecule has 2 aliphatic heterocycles. The average molecular weight is 512 g/mol. The second-order valence-electron chi connectivity index (χ2n) is 7.99. The number of fused-ring (bicyclic) bond motifs is 2. The SMILES string of the molecule is CC(=O)N1C[C@H]2CC(c3cnc(OCCOc4c(Cl)cc(C)cc4Cl)s3)=C(C(=O)O)[C@@H](C1)N2. The highest BCUT2D eigenvalue weighted by Gasteiger charge is 2.39. The van der Waals surface area contributed by atoms with Gasteiger partial charge in [-0.05, 0) is 36.6 Å². The summed E-state index contributed by atoms with van der Waals surface area (Å²) in [6.45, 7) is 4.72. The van der Waals surface area contributed by atoms with E-state index in [1.807, 2.05) is 6.92 Å². The van der Waals surface area contributed by atoms with E-state index in [4.69, 9.17) is 32.7 Å². The van der Waals surface area contributed by atoms with Crippen LogP contribution in [0, 0.1) is 6.92 Å². The third-order valence-corrected chi connectivity index (χ3v) is 7.09. The first-order chi connectivity index (χ1) is 15.7. The number of carboxylic acids is 1. The Balaban J connectivity index is 1.43. The number of thiazole rings is 1. The molecular weight excluding hydrogens is 489 g/mol. The van der Waals surface area contributed by atoms with E-state index < -0.39 is 12.0 Å². The second-order valence-corrected chi connectivity index (χ2v) is 9.79. The summed E-state index contributed by atoms with van der Waals surface area (Å²) in [7, 11) is 0. The number of carbonyl (C=O) groups excluding carboxylic acids is 1. The van der Waals surface area contributed by atoms with Crippen LogP contribution in [0.4, 0.5) is 0 Å². The summed E-state index contributed by atoms with van der Waals surface area (Å²) in [6.07, 6.45) is 2.13. The normalized spacial score (nSPS) is 20.1. The maximum Gasteiger partial charge on any atom is 0.333 e. The Hall–Kier alpha value is -2.33. The number of carbonyl (C=O) groups is 2. The molecule has 0 radical (unpaired) electrons. The molecule has 2 bridgehead atoms. The van der Waals surface area contributed by atoms with Crippen molar-refractivity contribution in [3.8, 4) is 10.9 Å². The van der Waals surface area contributed by atoms with Crippen molar-refractivity contribution in [3.05, 3.63) is 44.4 Å². The summed E-state index contributed by atoms with van der Waals surface area (Å²) in [5.74, 6) is -0.643. The molecule has 1 saturated heterocycles. The van der Waals surface area contributed by atoms with Gasteiger partial charge in [-0.25, -0.2) is 9.78 Å². The van der Waals surface area contributed by atoms with Crippen LogP contribution in [0.2, 0.25) is 10.0 Å². The van der Waals surface area contributed by atoms with Gasteiger partial charge in [-0.2, -0.15) is 0 Å². The van der Waals surface area contributed by atoms with Crippen LogP contribution in [0.25, 0.3) is 5.57 Å². The number of hydrogen-bond donors (Lipinski definition) is 2. The van der Waals surface area contributed by atoms with Crippen LogP contribution in [-0.2, 0) is 9.59 Å². The van der Waals surface area contributed by atoms with E-state index in [1.54, 1.807) is 23.2 Å². The van der Waals surface area contributed by atoms with Crippen LogP contribution in [0.15, 0.2) is 23.9 Å². The lowest BCUT2D eigenvalue weighted by Gasteiger charge is -2.43.